The Hall–Kier alpha value is -1.52. The summed E-state index contributed by atoms with van der Waals surface area (Å²) < 4.78 is 5.48. The summed E-state index contributed by atoms with van der Waals surface area (Å²) in [5.74, 6) is 0.221. The maximum Gasteiger partial charge on any atom is 0.287 e. The van der Waals surface area contributed by atoms with Crippen molar-refractivity contribution in [1.29, 1.82) is 0 Å². The molecule has 0 radical (unpaired) electrons. The topological polar surface area (TPSA) is 62.5 Å². The number of aliphatic hydroxyl groups excluding tert-OH is 1. The van der Waals surface area contributed by atoms with Crippen molar-refractivity contribution < 1.29 is 14.3 Å². The van der Waals surface area contributed by atoms with Gasteiger partial charge in [0.25, 0.3) is 5.91 Å². The molecule has 1 aromatic heterocycles. The van der Waals surface area contributed by atoms with E-state index in [0.29, 0.717) is 23.6 Å². The van der Waals surface area contributed by atoms with E-state index >= 15 is 0 Å². The van der Waals surface area contributed by atoms with Crippen LogP contribution in [-0.2, 0) is 0 Å². The molecular weight excluding hydrogens is 278 g/mol. The molecule has 2 unspecified atom stereocenters. The molecule has 20 heavy (non-hydrogen) atoms. The molecule has 0 spiro atoms. The van der Waals surface area contributed by atoms with Crippen LogP contribution in [0.15, 0.2) is 28.7 Å². The van der Waals surface area contributed by atoms with E-state index in [0.717, 1.165) is 5.39 Å². The minimum Gasteiger partial charge on any atom is -0.451 e. The predicted octanol–water partition coefficient (Wildman–Crippen LogP) is 3.22. The van der Waals surface area contributed by atoms with Crippen LogP contribution in [0.2, 0.25) is 5.02 Å². The molecule has 0 aliphatic rings. The van der Waals surface area contributed by atoms with E-state index in [1.54, 1.807) is 31.2 Å². The van der Waals surface area contributed by atoms with Gasteiger partial charge in [-0.05, 0) is 43.5 Å². The van der Waals surface area contributed by atoms with Crippen LogP contribution < -0.4 is 5.32 Å². The summed E-state index contributed by atoms with van der Waals surface area (Å²) in [7, 11) is 0. The summed E-state index contributed by atoms with van der Waals surface area (Å²) in [6.07, 6.45) is 0.283. The first-order chi connectivity index (χ1) is 9.45. The third kappa shape index (κ3) is 3.74. The van der Waals surface area contributed by atoms with Gasteiger partial charge in [-0.1, -0.05) is 18.5 Å². The smallest absolute Gasteiger partial charge is 0.287 e. The van der Waals surface area contributed by atoms with E-state index < -0.39 is 0 Å². The van der Waals surface area contributed by atoms with Crippen LogP contribution in [0.1, 0.15) is 30.8 Å². The van der Waals surface area contributed by atoms with Gasteiger partial charge in [-0.25, -0.2) is 0 Å². The fourth-order valence-electron chi connectivity index (χ4n) is 2.15. The largest absolute Gasteiger partial charge is 0.451 e. The zero-order valence-corrected chi connectivity index (χ0v) is 12.3. The normalized spacial score (nSPS) is 14.2. The van der Waals surface area contributed by atoms with Crippen molar-refractivity contribution in [3.63, 3.8) is 0 Å². The quantitative estimate of drug-likeness (QED) is 0.890. The SMILES string of the molecule is CC(O)CC(C)CNC(=O)c1cc2cc(Cl)ccc2o1. The number of hydrogen-bond acceptors (Lipinski definition) is 3. The van der Waals surface area contributed by atoms with E-state index in [1.165, 1.54) is 0 Å². The number of carbonyl (C=O) groups is 1. The molecule has 0 saturated carbocycles. The van der Waals surface area contributed by atoms with Gasteiger partial charge in [-0.2, -0.15) is 0 Å². The monoisotopic (exact) mass is 295 g/mol. The van der Waals surface area contributed by atoms with E-state index in [1.807, 2.05) is 6.92 Å². The van der Waals surface area contributed by atoms with Gasteiger partial charge < -0.3 is 14.8 Å². The lowest BCUT2D eigenvalue weighted by atomic mass is 10.0. The van der Waals surface area contributed by atoms with Crippen LogP contribution in [0.25, 0.3) is 11.0 Å². The molecule has 1 heterocycles. The number of furan rings is 1. The minimum atomic E-state index is -0.366. The molecule has 2 rings (SSSR count). The average Bonchev–Trinajstić information content (AvgIpc) is 2.78. The van der Waals surface area contributed by atoms with Gasteiger partial charge >= 0.3 is 0 Å². The third-order valence-corrected chi connectivity index (χ3v) is 3.29. The van der Waals surface area contributed by atoms with Crippen molar-refractivity contribution >= 4 is 28.5 Å². The van der Waals surface area contributed by atoms with Crippen molar-refractivity contribution in [2.75, 3.05) is 6.54 Å². The highest BCUT2D eigenvalue weighted by molar-refractivity contribution is 6.31. The summed E-state index contributed by atoms with van der Waals surface area (Å²) >= 11 is 5.89. The number of nitrogens with one attached hydrogen (secondary N) is 1. The molecule has 4 nitrogen and oxygen atoms in total. The summed E-state index contributed by atoms with van der Waals surface area (Å²) in [6, 6.07) is 6.90. The standard InChI is InChI=1S/C15H18ClNO3/c1-9(5-10(2)18)8-17-15(19)14-7-11-6-12(16)3-4-13(11)20-14/h3-4,6-7,9-10,18H,5,8H2,1-2H3,(H,17,19). The molecule has 1 amide bonds. The van der Waals surface area contributed by atoms with Crippen molar-refractivity contribution in [3.05, 3.63) is 35.0 Å². The zero-order valence-electron chi connectivity index (χ0n) is 11.5. The number of halogens is 1. The lowest BCUT2D eigenvalue weighted by Gasteiger charge is -2.13. The van der Waals surface area contributed by atoms with Gasteiger partial charge in [0, 0.05) is 17.0 Å². The molecular formula is C15H18ClNO3. The number of rotatable bonds is 5. The first-order valence-corrected chi connectivity index (χ1v) is 6.99. The highest BCUT2D eigenvalue weighted by Crippen LogP contribution is 2.23. The van der Waals surface area contributed by atoms with E-state index in [-0.39, 0.29) is 23.7 Å². The Labute approximate surface area is 122 Å². The fraction of sp³-hybridized carbons (Fsp3) is 0.400. The van der Waals surface area contributed by atoms with Crippen molar-refractivity contribution in [2.45, 2.75) is 26.4 Å². The van der Waals surface area contributed by atoms with Crippen LogP contribution in [0.3, 0.4) is 0 Å². The van der Waals surface area contributed by atoms with Crippen molar-refractivity contribution in [2.24, 2.45) is 5.92 Å². The minimum absolute atomic E-state index is 0.206. The maximum absolute atomic E-state index is 12.0. The molecule has 0 saturated heterocycles. The van der Waals surface area contributed by atoms with Crippen molar-refractivity contribution in [1.82, 2.24) is 5.32 Å². The van der Waals surface area contributed by atoms with E-state index in [2.05, 4.69) is 5.32 Å². The molecule has 5 heteroatoms. The Morgan fingerprint density at radius 2 is 2.15 bits per heavy atom. The first-order valence-electron chi connectivity index (χ1n) is 6.61. The second kappa shape index (κ2) is 6.29. The van der Waals surface area contributed by atoms with Crippen LogP contribution in [0.4, 0.5) is 0 Å². The second-order valence-electron chi connectivity index (χ2n) is 5.19. The fourth-order valence-corrected chi connectivity index (χ4v) is 2.33. The summed E-state index contributed by atoms with van der Waals surface area (Å²) in [5, 5.41) is 13.5. The van der Waals surface area contributed by atoms with Crippen molar-refractivity contribution in [3.8, 4) is 0 Å². The predicted molar refractivity (Wildman–Crippen MR) is 79.0 cm³/mol. The van der Waals surface area contributed by atoms with Crippen LogP contribution in [0, 0.1) is 5.92 Å². The summed E-state index contributed by atoms with van der Waals surface area (Å²) in [6.45, 7) is 4.22. The van der Waals surface area contributed by atoms with Gasteiger partial charge in [-0.15, -0.1) is 0 Å². The molecule has 0 aliphatic carbocycles. The highest BCUT2D eigenvalue weighted by atomic mass is 35.5. The molecule has 1 aromatic carbocycles. The number of amides is 1. The number of hydrogen-bond donors (Lipinski definition) is 2. The molecule has 2 atom stereocenters. The lowest BCUT2D eigenvalue weighted by molar-refractivity contribution is 0.0914. The molecule has 0 fully saturated rings. The average molecular weight is 296 g/mol. The Bertz CT molecular complexity index is 606. The maximum atomic E-state index is 12.0. The van der Waals surface area contributed by atoms with E-state index in [4.69, 9.17) is 16.0 Å². The summed E-state index contributed by atoms with van der Waals surface area (Å²) in [5.41, 5.74) is 0.636. The Morgan fingerprint density at radius 1 is 1.40 bits per heavy atom. The summed E-state index contributed by atoms with van der Waals surface area (Å²) in [4.78, 5) is 12.0. The Kier molecular flexibility index (Phi) is 4.68. The van der Waals surface area contributed by atoms with Crippen LogP contribution in [-0.4, -0.2) is 23.7 Å². The van der Waals surface area contributed by atoms with Crippen LogP contribution >= 0.6 is 11.6 Å². The van der Waals surface area contributed by atoms with Gasteiger partial charge in [0.15, 0.2) is 5.76 Å². The van der Waals surface area contributed by atoms with Gasteiger partial charge in [0.1, 0.15) is 5.58 Å². The first kappa shape index (κ1) is 14.9. The highest BCUT2D eigenvalue weighted by Gasteiger charge is 2.14. The molecule has 0 aliphatic heterocycles. The van der Waals surface area contributed by atoms with Gasteiger partial charge in [0.2, 0.25) is 0 Å². The van der Waals surface area contributed by atoms with Gasteiger partial charge in [0.05, 0.1) is 6.10 Å². The lowest BCUT2D eigenvalue weighted by Crippen LogP contribution is -2.29. The molecule has 108 valence electrons. The number of benzene rings is 1. The van der Waals surface area contributed by atoms with Gasteiger partial charge in [-0.3, -0.25) is 4.79 Å². The molecule has 0 bridgehead atoms. The van der Waals surface area contributed by atoms with Crippen LogP contribution in [0.5, 0.6) is 0 Å². The third-order valence-electron chi connectivity index (χ3n) is 3.06. The zero-order chi connectivity index (χ0) is 14.7. The second-order valence-corrected chi connectivity index (χ2v) is 5.63. The Morgan fingerprint density at radius 3 is 2.85 bits per heavy atom. The number of fused-ring (bicyclic) bond motifs is 1. The van der Waals surface area contributed by atoms with E-state index in [9.17, 15) is 9.90 Å². The number of carbonyl (C=O) groups excluding carboxylic acids is 1. The Balaban J connectivity index is 2.00. The molecule has 2 aromatic rings. The molecule has 2 N–H and O–H groups in total. The number of aliphatic hydroxyl groups is 1.